The molecular weight excluding hydrogens is 303 g/mol. The lowest BCUT2D eigenvalue weighted by Crippen LogP contribution is -2.48. The van der Waals surface area contributed by atoms with E-state index in [-0.39, 0.29) is 11.7 Å². The Labute approximate surface area is 139 Å². The molecule has 0 spiro atoms. The average molecular weight is 320 g/mol. The number of nitrogens with zero attached hydrogens (tertiary/aromatic N) is 1. The van der Waals surface area contributed by atoms with Crippen LogP contribution in [0, 0.1) is 5.82 Å². The van der Waals surface area contributed by atoms with Gasteiger partial charge in [0, 0.05) is 23.9 Å². The third kappa shape index (κ3) is 1.63. The second kappa shape index (κ2) is 4.69. The van der Waals surface area contributed by atoms with Crippen LogP contribution in [0.5, 0.6) is 0 Å². The normalized spacial score (nSPS) is 22.7. The molecule has 0 unspecified atom stereocenters. The van der Waals surface area contributed by atoms with Crippen LogP contribution in [0.3, 0.4) is 0 Å². The number of carbonyl (C=O) groups is 1. The van der Waals surface area contributed by atoms with Gasteiger partial charge in [-0.05, 0) is 42.2 Å². The molecule has 3 aromatic rings. The predicted molar refractivity (Wildman–Crippen MR) is 90.1 cm³/mol. The van der Waals surface area contributed by atoms with Crippen molar-refractivity contribution in [2.75, 3.05) is 6.54 Å². The third-order valence-electron chi connectivity index (χ3n) is 5.58. The quantitative estimate of drug-likeness (QED) is 0.729. The van der Waals surface area contributed by atoms with Crippen molar-refractivity contribution >= 4 is 16.8 Å². The molecule has 4 heteroatoms. The lowest BCUT2D eigenvalue weighted by molar-refractivity contribution is -0.131. The summed E-state index contributed by atoms with van der Waals surface area (Å²) in [6.45, 7) is 0.713. The molecule has 3 nitrogen and oxygen atoms in total. The average Bonchev–Trinajstić information content (AvgIpc) is 3.14. The van der Waals surface area contributed by atoms with Gasteiger partial charge in [0.15, 0.2) is 0 Å². The maximum atomic E-state index is 13.7. The Morgan fingerprint density at radius 3 is 2.75 bits per heavy atom. The van der Waals surface area contributed by atoms with Crippen LogP contribution in [0.25, 0.3) is 10.9 Å². The monoisotopic (exact) mass is 320 g/mol. The molecule has 1 N–H and O–H groups in total. The van der Waals surface area contributed by atoms with Crippen molar-refractivity contribution in [1.29, 1.82) is 0 Å². The van der Waals surface area contributed by atoms with E-state index in [9.17, 15) is 9.18 Å². The van der Waals surface area contributed by atoms with E-state index in [0.717, 1.165) is 35.0 Å². The van der Waals surface area contributed by atoms with Crippen molar-refractivity contribution in [1.82, 2.24) is 9.88 Å². The van der Waals surface area contributed by atoms with Crippen LogP contribution in [-0.4, -0.2) is 22.3 Å². The first-order valence-electron chi connectivity index (χ1n) is 8.37. The van der Waals surface area contributed by atoms with Crippen molar-refractivity contribution in [3.8, 4) is 0 Å². The third-order valence-corrected chi connectivity index (χ3v) is 5.58. The number of fused-ring (bicyclic) bond motifs is 5. The van der Waals surface area contributed by atoms with Crippen molar-refractivity contribution in [2.45, 2.75) is 24.8 Å². The molecule has 1 amide bonds. The number of aromatic amines is 1. The number of hydrogen-bond acceptors (Lipinski definition) is 1. The SMILES string of the molecule is O=C1CC[C@@]2(c3ccccc3)c3[nH]c4cc(F)ccc4c3CCN12. The molecule has 2 aliphatic heterocycles. The second-order valence-corrected chi connectivity index (χ2v) is 6.69. The van der Waals surface area contributed by atoms with E-state index in [4.69, 9.17) is 0 Å². The fourth-order valence-electron chi connectivity index (χ4n) is 4.57. The van der Waals surface area contributed by atoms with Gasteiger partial charge >= 0.3 is 0 Å². The van der Waals surface area contributed by atoms with Crippen LogP contribution in [0.1, 0.15) is 29.7 Å². The predicted octanol–water partition coefficient (Wildman–Crippen LogP) is 3.73. The molecule has 24 heavy (non-hydrogen) atoms. The largest absolute Gasteiger partial charge is 0.356 e. The number of benzene rings is 2. The Morgan fingerprint density at radius 2 is 1.92 bits per heavy atom. The molecule has 1 saturated heterocycles. The number of halogens is 1. The molecule has 3 heterocycles. The number of aromatic nitrogens is 1. The van der Waals surface area contributed by atoms with Gasteiger partial charge in [0.1, 0.15) is 11.4 Å². The maximum absolute atomic E-state index is 13.7. The first-order chi connectivity index (χ1) is 11.7. The van der Waals surface area contributed by atoms with Crippen LogP contribution in [0.15, 0.2) is 48.5 Å². The topological polar surface area (TPSA) is 36.1 Å². The molecule has 0 aliphatic carbocycles. The summed E-state index contributed by atoms with van der Waals surface area (Å²) < 4.78 is 13.7. The summed E-state index contributed by atoms with van der Waals surface area (Å²) >= 11 is 0. The summed E-state index contributed by atoms with van der Waals surface area (Å²) in [5.74, 6) is -0.0384. The van der Waals surface area contributed by atoms with Crippen LogP contribution in [0.4, 0.5) is 4.39 Å². The fourth-order valence-corrected chi connectivity index (χ4v) is 4.57. The molecular formula is C20H17FN2O. The maximum Gasteiger partial charge on any atom is 0.223 e. The van der Waals surface area contributed by atoms with E-state index >= 15 is 0 Å². The Balaban J connectivity index is 1.84. The summed E-state index contributed by atoms with van der Waals surface area (Å²) in [5, 5.41) is 1.07. The number of hydrogen-bond donors (Lipinski definition) is 1. The standard InChI is InChI=1S/C20H17FN2O/c21-14-6-7-15-16-9-11-23-18(24)8-10-20(23,13-4-2-1-3-5-13)19(16)22-17(15)12-14/h1-7,12,22H,8-11H2/t20-/m1/s1. The molecule has 2 aliphatic rings. The summed E-state index contributed by atoms with van der Waals surface area (Å²) in [7, 11) is 0. The van der Waals surface area contributed by atoms with Crippen molar-refractivity contribution in [2.24, 2.45) is 0 Å². The first-order valence-corrected chi connectivity index (χ1v) is 8.37. The molecule has 1 aromatic heterocycles. The molecule has 5 rings (SSSR count). The number of H-pyrrole nitrogens is 1. The van der Waals surface area contributed by atoms with E-state index in [1.807, 2.05) is 29.2 Å². The van der Waals surface area contributed by atoms with Gasteiger partial charge in [-0.1, -0.05) is 30.3 Å². The molecule has 0 radical (unpaired) electrons. The smallest absolute Gasteiger partial charge is 0.223 e. The fraction of sp³-hybridized carbons (Fsp3) is 0.250. The highest BCUT2D eigenvalue weighted by Crippen LogP contribution is 2.49. The van der Waals surface area contributed by atoms with Crippen LogP contribution >= 0.6 is 0 Å². The zero-order chi connectivity index (χ0) is 16.3. The lowest BCUT2D eigenvalue weighted by atomic mass is 9.79. The molecule has 1 fully saturated rings. The van der Waals surface area contributed by atoms with Gasteiger partial charge in [-0.3, -0.25) is 4.79 Å². The number of rotatable bonds is 1. The van der Waals surface area contributed by atoms with E-state index in [2.05, 4.69) is 17.1 Å². The minimum atomic E-state index is -0.443. The van der Waals surface area contributed by atoms with Crippen molar-refractivity contribution in [3.05, 3.63) is 71.2 Å². The Bertz CT molecular complexity index is 962. The van der Waals surface area contributed by atoms with Gasteiger partial charge in [0.05, 0.1) is 5.69 Å². The van der Waals surface area contributed by atoms with Gasteiger partial charge in [-0.2, -0.15) is 0 Å². The molecule has 0 saturated carbocycles. The Hall–Kier alpha value is -2.62. The molecule has 120 valence electrons. The van der Waals surface area contributed by atoms with Gasteiger partial charge in [-0.25, -0.2) is 4.39 Å². The number of amides is 1. The van der Waals surface area contributed by atoms with E-state index in [0.29, 0.717) is 13.0 Å². The highest BCUT2D eigenvalue weighted by Gasteiger charge is 2.52. The summed E-state index contributed by atoms with van der Waals surface area (Å²) in [6, 6.07) is 15.1. The van der Waals surface area contributed by atoms with Gasteiger partial charge < -0.3 is 9.88 Å². The number of nitrogens with one attached hydrogen (secondary N) is 1. The summed E-state index contributed by atoms with van der Waals surface area (Å²) in [6.07, 6.45) is 2.12. The molecule has 2 aromatic carbocycles. The van der Waals surface area contributed by atoms with Crippen LogP contribution in [0.2, 0.25) is 0 Å². The second-order valence-electron chi connectivity index (χ2n) is 6.69. The lowest BCUT2D eigenvalue weighted by Gasteiger charge is -2.42. The summed E-state index contributed by atoms with van der Waals surface area (Å²) in [4.78, 5) is 18.0. The van der Waals surface area contributed by atoms with Crippen LogP contribution < -0.4 is 0 Å². The highest BCUT2D eigenvalue weighted by atomic mass is 19.1. The Kier molecular flexibility index (Phi) is 2.70. The zero-order valence-corrected chi connectivity index (χ0v) is 13.2. The zero-order valence-electron chi connectivity index (χ0n) is 13.2. The van der Waals surface area contributed by atoms with E-state index < -0.39 is 5.54 Å². The van der Waals surface area contributed by atoms with Crippen molar-refractivity contribution < 1.29 is 9.18 Å². The Morgan fingerprint density at radius 1 is 1.08 bits per heavy atom. The van der Waals surface area contributed by atoms with Gasteiger partial charge in [0.25, 0.3) is 0 Å². The first kappa shape index (κ1) is 13.8. The minimum Gasteiger partial charge on any atom is -0.356 e. The minimum absolute atomic E-state index is 0.203. The van der Waals surface area contributed by atoms with Crippen LogP contribution in [-0.2, 0) is 16.8 Å². The van der Waals surface area contributed by atoms with E-state index in [1.54, 1.807) is 6.07 Å². The van der Waals surface area contributed by atoms with Crippen molar-refractivity contribution in [3.63, 3.8) is 0 Å². The number of carbonyl (C=O) groups excluding carboxylic acids is 1. The molecule has 0 bridgehead atoms. The van der Waals surface area contributed by atoms with E-state index in [1.165, 1.54) is 11.6 Å². The van der Waals surface area contributed by atoms with Gasteiger partial charge in [0.2, 0.25) is 5.91 Å². The molecule has 1 atom stereocenters. The summed E-state index contributed by atoms with van der Waals surface area (Å²) in [5.41, 5.74) is 3.79. The highest BCUT2D eigenvalue weighted by molar-refractivity contribution is 5.88. The van der Waals surface area contributed by atoms with Gasteiger partial charge in [-0.15, -0.1) is 0 Å².